The molecule has 2 aromatic rings. The molecule has 1 heterocycles. The van der Waals surface area contributed by atoms with Crippen molar-refractivity contribution in [1.29, 1.82) is 0 Å². The van der Waals surface area contributed by atoms with E-state index in [1.54, 1.807) is 11.6 Å². The third kappa shape index (κ3) is 3.36. The summed E-state index contributed by atoms with van der Waals surface area (Å²) in [6.07, 6.45) is -0.569. The Kier molecular flexibility index (Phi) is 4.27. The molecule has 0 fully saturated rings. The summed E-state index contributed by atoms with van der Waals surface area (Å²) in [5, 5.41) is 14.0. The number of halogens is 1. The first kappa shape index (κ1) is 14.1. The summed E-state index contributed by atoms with van der Waals surface area (Å²) in [6.45, 7) is 4.10. The Labute approximate surface area is 121 Å². The number of aryl methyl sites for hydroxylation is 2. The lowest BCUT2D eigenvalue weighted by Gasteiger charge is -2.14. The van der Waals surface area contributed by atoms with Crippen molar-refractivity contribution in [3.05, 3.63) is 45.7 Å². The Balaban J connectivity index is 2.17. The number of aromatic nitrogens is 2. The second-order valence-electron chi connectivity index (χ2n) is 4.55. The lowest BCUT2D eigenvalue weighted by molar-refractivity contribution is 0.189. The average molecular weight is 325 g/mol. The molecule has 0 aliphatic heterocycles. The fourth-order valence-electron chi connectivity index (χ4n) is 1.93. The Morgan fingerprint density at radius 1 is 1.42 bits per heavy atom. The molecule has 1 atom stereocenters. The SMILES string of the molecule is Cc1cc(COc2ccc(Br)cc2[C@@H](C)O)n(C)n1. The van der Waals surface area contributed by atoms with Crippen LogP contribution in [-0.2, 0) is 13.7 Å². The number of hydrogen-bond acceptors (Lipinski definition) is 3. The van der Waals surface area contributed by atoms with Crippen LogP contribution in [0.1, 0.15) is 30.0 Å². The summed E-state index contributed by atoms with van der Waals surface area (Å²) in [5.74, 6) is 0.692. The fourth-order valence-corrected chi connectivity index (χ4v) is 2.31. The molecule has 4 nitrogen and oxygen atoms in total. The third-order valence-corrected chi connectivity index (χ3v) is 3.39. The van der Waals surface area contributed by atoms with E-state index in [9.17, 15) is 5.11 Å². The zero-order chi connectivity index (χ0) is 14.0. The topological polar surface area (TPSA) is 47.3 Å². The maximum absolute atomic E-state index is 9.77. The first-order chi connectivity index (χ1) is 8.97. The van der Waals surface area contributed by atoms with Crippen molar-refractivity contribution in [3.63, 3.8) is 0 Å². The highest BCUT2D eigenvalue weighted by Gasteiger charge is 2.11. The number of aliphatic hydroxyl groups excluding tert-OH is 1. The minimum absolute atomic E-state index is 0.429. The highest BCUT2D eigenvalue weighted by atomic mass is 79.9. The van der Waals surface area contributed by atoms with Gasteiger partial charge in [0.25, 0.3) is 0 Å². The van der Waals surface area contributed by atoms with Gasteiger partial charge >= 0.3 is 0 Å². The highest BCUT2D eigenvalue weighted by Crippen LogP contribution is 2.29. The molecule has 102 valence electrons. The van der Waals surface area contributed by atoms with E-state index >= 15 is 0 Å². The number of rotatable bonds is 4. The van der Waals surface area contributed by atoms with Crippen molar-refractivity contribution < 1.29 is 9.84 Å². The summed E-state index contributed by atoms with van der Waals surface area (Å²) in [4.78, 5) is 0. The van der Waals surface area contributed by atoms with Crippen molar-refractivity contribution in [3.8, 4) is 5.75 Å². The van der Waals surface area contributed by atoms with E-state index in [0.29, 0.717) is 12.4 Å². The van der Waals surface area contributed by atoms with Gasteiger partial charge in [-0.15, -0.1) is 0 Å². The lowest BCUT2D eigenvalue weighted by Crippen LogP contribution is -2.05. The molecule has 0 amide bonds. The monoisotopic (exact) mass is 324 g/mol. The maximum Gasteiger partial charge on any atom is 0.130 e. The number of nitrogens with zero attached hydrogens (tertiary/aromatic N) is 2. The van der Waals surface area contributed by atoms with Gasteiger partial charge in [0, 0.05) is 17.1 Å². The molecule has 0 unspecified atom stereocenters. The first-order valence-corrected chi connectivity index (χ1v) is 6.86. The Morgan fingerprint density at radius 3 is 2.74 bits per heavy atom. The standard InChI is InChI=1S/C14H17BrN2O2/c1-9-6-12(17(3)16-9)8-19-14-5-4-11(15)7-13(14)10(2)18/h4-7,10,18H,8H2,1-3H3/t10-/m1/s1. The average Bonchev–Trinajstić information content (AvgIpc) is 2.66. The van der Waals surface area contributed by atoms with Crippen LogP contribution in [0.25, 0.3) is 0 Å². The quantitative estimate of drug-likeness (QED) is 0.939. The molecule has 0 radical (unpaired) electrons. The molecule has 1 N–H and O–H groups in total. The van der Waals surface area contributed by atoms with Gasteiger partial charge in [0.15, 0.2) is 0 Å². The highest BCUT2D eigenvalue weighted by molar-refractivity contribution is 9.10. The fraction of sp³-hybridized carbons (Fsp3) is 0.357. The van der Waals surface area contributed by atoms with E-state index in [0.717, 1.165) is 21.4 Å². The first-order valence-electron chi connectivity index (χ1n) is 6.07. The summed E-state index contributed by atoms with van der Waals surface area (Å²) < 4.78 is 8.52. The van der Waals surface area contributed by atoms with Gasteiger partial charge in [0.05, 0.1) is 17.5 Å². The van der Waals surface area contributed by atoms with Crippen LogP contribution in [0, 0.1) is 6.92 Å². The van der Waals surface area contributed by atoms with Crippen LogP contribution in [0.15, 0.2) is 28.7 Å². The summed E-state index contributed by atoms with van der Waals surface area (Å²) in [7, 11) is 1.89. The minimum Gasteiger partial charge on any atom is -0.487 e. The molecule has 0 aliphatic rings. The molecular weight excluding hydrogens is 308 g/mol. The molecule has 0 aliphatic carbocycles. The summed E-state index contributed by atoms with van der Waals surface area (Å²) in [5.41, 5.74) is 2.73. The van der Waals surface area contributed by atoms with Crippen LogP contribution in [0.4, 0.5) is 0 Å². The van der Waals surface area contributed by atoms with Crippen molar-refractivity contribution in [2.24, 2.45) is 7.05 Å². The van der Waals surface area contributed by atoms with Crippen molar-refractivity contribution in [1.82, 2.24) is 9.78 Å². The van der Waals surface area contributed by atoms with Gasteiger partial charge in [-0.05, 0) is 38.1 Å². The van der Waals surface area contributed by atoms with Crippen LogP contribution in [0.5, 0.6) is 5.75 Å². The van der Waals surface area contributed by atoms with Gasteiger partial charge < -0.3 is 9.84 Å². The van der Waals surface area contributed by atoms with Crippen molar-refractivity contribution in [2.45, 2.75) is 26.6 Å². The number of benzene rings is 1. The van der Waals surface area contributed by atoms with E-state index in [4.69, 9.17) is 4.74 Å². The normalized spacial score (nSPS) is 12.5. The zero-order valence-corrected chi connectivity index (χ0v) is 12.8. The van der Waals surface area contributed by atoms with Crippen LogP contribution >= 0.6 is 15.9 Å². The predicted molar refractivity (Wildman–Crippen MR) is 77.1 cm³/mol. The van der Waals surface area contributed by atoms with Crippen LogP contribution in [0.3, 0.4) is 0 Å². The van der Waals surface area contributed by atoms with Crippen LogP contribution < -0.4 is 4.74 Å². The van der Waals surface area contributed by atoms with E-state index in [1.165, 1.54) is 0 Å². The van der Waals surface area contributed by atoms with Gasteiger partial charge in [0.2, 0.25) is 0 Å². The molecule has 5 heteroatoms. The molecular formula is C14H17BrN2O2. The number of ether oxygens (including phenoxy) is 1. The Bertz CT molecular complexity index is 579. The lowest BCUT2D eigenvalue weighted by atomic mass is 10.1. The second-order valence-corrected chi connectivity index (χ2v) is 5.46. The number of aliphatic hydroxyl groups is 1. The molecule has 1 aromatic carbocycles. The molecule has 0 spiro atoms. The molecule has 0 saturated carbocycles. The molecule has 1 aromatic heterocycles. The van der Waals surface area contributed by atoms with E-state index < -0.39 is 6.10 Å². The third-order valence-electron chi connectivity index (χ3n) is 2.90. The second kappa shape index (κ2) is 5.75. The summed E-state index contributed by atoms with van der Waals surface area (Å²) >= 11 is 3.39. The van der Waals surface area contributed by atoms with E-state index in [-0.39, 0.29) is 0 Å². The van der Waals surface area contributed by atoms with Gasteiger partial charge in [-0.25, -0.2) is 0 Å². The van der Waals surface area contributed by atoms with Gasteiger partial charge in [-0.1, -0.05) is 15.9 Å². The van der Waals surface area contributed by atoms with E-state index in [1.807, 2.05) is 38.2 Å². The van der Waals surface area contributed by atoms with E-state index in [2.05, 4.69) is 21.0 Å². The number of hydrogen-bond donors (Lipinski definition) is 1. The largest absolute Gasteiger partial charge is 0.487 e. The summed E-state index contributed by atoms with van der Waals surface area (Å²) in [6, 6.07) is 7.61. The zero-order valence-electron chi connectivity index (χ0n) is 11.2. The minimum atomic E-state index is -0.569. The van der Waals surface area contributed by atoms with Gasteiger partial charge in [0.1, 0.15) is 12.4 Å². The van der Waals surface area contributed by atoms with Gasteiger partial charge in [-0.3, -0.25) is 4.68 Å². The maximum atomic E-state index is 9.77. The van der Waals surface area contributed by atoms with Crippen molar-refractivity contribution >= 4 is 15.9 Å². The van der Waals surface area contributed by atoms with Crippen LogP contribution in [0.2, 0.25) is 0 Å². The van der Waals surface area contributed by atoms with Crippen LogP contribution in [-0.4, -0.2) is 14.9 Å². The molecule has 0 saturated heterocycles. The Morgan fingerprint density at radius 2 is 2.16 bits per heavy atom. The Hall–Kier alpha value is -1.33. The smallest absolute Gasteiger partial charge is 0.130 e. The molecule has 19 heavy (non-hydrogen) atoms. The van der Waals surface area contributed by atoms with Crippen molar-refractivity contribution in [2.75, 3.05) is 0 Å². The predicted octanol–water partition coefficient (Wildman–Crippen LogP) is 3.12. The van der Waals surface area contributed by atoms with Gasteiger partial charge in [-0.2, -0.15) is 5.10 Å². The molecule has 2 rings (SSSR count). The molecule has 0 bridgehead atoms.